The summed E-state index contributed by atoms with van der Waals surface area (Å²) in [6.45, 7) is 3.89. The maximum atomic E-state index is 7.19. The number of nitrogens with zero attached hydrogens (tertiary/aromatic N) is 4. The van der Waals surface area contributed by atoms with Crippen LogP contribution in [0.2, 0.25) is 0 Å². The lowest BCUT2D eigenvalue weighted by Crippen LogP contribution is -2.64. The van der Waals surface area contributed by atoms with Gasteiger partial charge in [0, 0.05) is 13.1 Å². The van der Waals surface area contributed by atoms with Crippen LogP contribution >= 0.6 is 0 Å². The average Bonchev–Trinajstić information content (AvgIpc) is 2.53. The maximum absolute atomic E-state index is 7.19. The van der Waals surface area contributed by atoms with Crippen LogP contribution in [-0.4, -0.2) is 43.4 Å². The molecule has 1 N–H and O–H groups in total. The van der Waals surface area contributed by atoms with Gasteiger partial charge in [-0.05, 0) is 7.05 Å². The third-order valence-electron chi connectivity index (χ3n) is 2.23. The first kappa shape index (κ1) is 8.31. The summed E-state index contributed by atoms with van der Waals surface area (Å²) in [5.74, 6) is 0.0962. The number of nitrogens with one attached hydrogen (secondary N) is 1. The number of hydrogen-bond donors (Lipinski definition) is 0. The van der Waals surface area contributed by atoms with Gasteiger partial charge in [0.2, 0.25) is 5.27 Å². The Kier molecular flexibility index (Phi) is 2.05. The van der Waals surface area contributed by atoms with E-state index in [2.05, 4.69) is 26.8 Å². The molecular formula is C7H13N5O. The second-order valence-electron chi connectivity index (χ2n) is 3.24. The molecule has 0 unspecified atom stereocenters. The first-order chi connectivity index (χ1) is 6.25. The Bertz CT molecular complexity index is 278. The Balaban J connectivity index is 2.02. The lowest BCUT2D eigenvalue weighted by atomic mass is 10.4. The summed E-state index contributed by atoms with van der Waals surface area (Å²) in [5.41, 5.74) is 7.19. The van der Waals surface area contributed by atoms with Crippen molar-refractivity contribution >= 4 is 5.88 Å². The number of rotatable bonds is 1. The average molecular weight is 183 g/mol. The van der Waals surface area contributed by atoms with E-state index < -0.39 is 0 Å². The van der Waals surface area contributed by atoms with Crippen molar-refractivity contribution in [2.24, 2.45) is 0 Å². The van der Waals surface area contributed by atoms with E-state index in [9.17, 15) is 0 Å². The third kappa shape index (κ3) is 1.72. The second-order valence-corrected chi connectivity index (χ2v) is 3.24. The van der Waals surface area contributed by atoms with Gasteiger partial charge in [0.05, 0.1) is 17.9 Å². The Morgan fingerprint density at radius 2 is 2.15 bits per heavy atom. The summed E-state index contributed by atoms with van der Waals surface area (Å²) in [5, 5.41) is 5.78. The third-order valence-corrected chi connectivity index (χ3v) is 2.23. The van der Waals surface area contributed by atoms with E-state index in [4.69, 9.17) is 5.73 Å². The molecule has 0 spiro atoms. The molecule has 0 saturated carbocycles. The quantitative estimate of drug-likeness (QED) is 0.552. The predicted octanol–water partition coefficient (Wildman–Crippen LogP) is -0.471. The van der Waals surface area contributed by atoms with Crippen molar-refractivity contribution < 1.29 is 9.31 Å². The van der Waals surface area contributed by atoms with Crippen molar-refractivity contribution in [2.75, 3.05) is 38.2 Å². The molecule has 1 aromatic heterocycles. The Morgan fingerprint density at radius 3 is 2.69 bits per heavy atom. The van der Waals surface area contributed by atoms with Gasteiger partial charge in [0.25, 0.3) is 6.20 Å². The molecule has 2 rings (SSSR count). The summed E-state index contributed by atoms with van der Waals surface area (Å²) in [7, 11) is 2.10. The van der Waals surface area contributed by atoms with Crippen LogP contribution in [0.1, 0.15) is 0 Å². The zero-order valence-electron chi connectivity index (χ0n) is 7.60. The molecule has 6 heteroatoms. The summed E-state index contributed by atoms with van der Waals surface area (Å²) in [6.07, 6.45) is 1.57. The van der Waals surface area contributed by atoms with Crippen molar-refractivity contribution in [3.05, 3.63) is 11.9 Å². The second kappa shape index (κ2) is 3.21. The van der Waals surface area contributed by atoms with Gasteiger partial charge in [-0.25, -0.2) is 0 Å². The lowest BCUT2D eigenvalue weighted by Gasteiger charge is -2.26. The minimum absolute atomic E-state index is 0.0962. The van der Waals surface area contributed by atoms with Crippen molar-refractivity contribution in [2.45, 2.75) is 0 Å². The predicted molar refractivity (Wildman–Crippen MR) is 46.1 cm³/mol. The molecule has 2 heterocycles. The summed E-state index contributed by atoms with van der Waals surface area (Å²) < 4.78 is 4.67. The Morgan fingerprint density at radius 1 is 1.46 bits per heavy atom. The molecule has 1 fully saturated rings. The monoisotopic (exact) mass is 183 g/mol. The molecule has 0 aliphatic carbocycles. The summed E-state index contributed by atoms with van der Waals surface area (Å²) >= 11 is 0. The lowest BCUT2D eigenvalue weighted by molar-refractivity contribution is -0.759. The molecular weight excluding hydrogens is 170 g/mol. The highest BCUT2D eigenvalue weighted by Crippen LogP contribution is 2.02. The highest BCUT2D eigenvalue weighted by atomic mass is 16.5. The minimum Gasteiger partial charge on any atom is -0.660 e. The van der Waals surface area contributed by atoms with Crippen molar-refractivity contribution in [1.82, 2.24) is 10.2 Å². The fraction of sp³-hybridized carbons (Fsp3) is 0.714. The van der Waals surface area contributed by atoms with Gasteiger partial charge in [-0.3, -0.25) is 0 Å². The zero-order chi connectivity index (χ0) is 9.26. The molecule has 0 amide bonds. The molecule has 0 aromatic carbocycles. The van der Waals surface area contributed by atoms with Crippen molar-refractivity contribution in [3.8, 4) is 0 Å². The molecule has 1 aliphatic heterocycles. The first-order valence-electron chi connectivity index (χ1n) is 4.30. The van der Waals surface area contributed by atoms with Gasteiger partial charge in [-0.2, -0.15) is 5.01 Å². The highest BCUT2D eigenvalue weighted by molar-refractivity contribution is 5.19. The van der Waals surface area contributed by atoms with E-state index in [-0.39, 0.29) is 5.88 Å². The molecule has 1 saturated heterocycles. The number of aromatic nitrogens is 2. The summed E-state index contributed by atoms with van der Waals surface area (Å²) in [6, 6.07) is 0. The molecule has 0 radical (unpaired) electrons. The van der Waals surface area contributed by atoms with Gasteiger partial charge in [-0.1, -0.05) is 0 Å². The molecule has 13 heavy (non-hydrogen) atoms. The van der Waals surface area contributed by atoms with Crippen molar-refractivity contribution in [3.63, 3.8) is 0 Å². The molecule has 0 bridgehead atoms. The van der Waals surface area contributed by atoms with Gasteiger partial charge in [0.1, 0.15) is 5.88 Å². The molecule has 72 valence electrons. The number of hydrogen-bond acceptors (Lipinski definition) is 4. The van der Waals surface area contributed by atoms with E-state index in [1.165, 1.54) is 0 Å². The largest absolute Gasteiger partial charge is 0.660 e. The normalized spacial score (nSPS) is 19.3. The number of piperazine rings is 1. The molecule has 0 atom stereocenters. The van der Waals surface area contributed by atoms with Crippen LogP contribution in [0.3, 0.4) is 0 Å². The zero-order valence-corrected chi connectivity index (χ0v) is 7.60. The standard InChI is InChI=1S/C7H13N5O/c1-10-2-4-11(5-3-10)12-6-7(8)13-9-12/h6,8H,2-5H2,1H3. The Hall–Kier alpha value is -1.30. The van der Waals surface area contributed by atoms with Crippen LogP contribution in [-0.2, 0) is 0 Å². The van der Waals surface area contributed by atoms with Crippen LogP contribution < -0.4 is 9.80 Å². The van der Waals surface area contributed by atoms with E-state index in [1.54, 1.807) is 11.0 Å². The minimum atomic E-state index is 0.0962. The van der Waals surface area contributed by atoms with Crippen LogP contribution in [0.4, 0.5) is 5.88 Å². The van der Waals surface area contributed by atoms with E-state index in [0.717, 1.165) is 26.2 Å². The topological polar surface area (TPSA) is 60.2 Å². The molecule has 1 aromatic rings. The first-order valence-corrected chi connectivity index (χ1v) is 4.30. The highest BCUT2D eigenvalue weighted by Gasteiger charge is 2.22. The van der Waals surface area contributed by atoms with Crippen LogP contribution in [0.15, 0.2) is 10.7 Å². The van der Waals surface area contributed by atoms with Crippen molar-refractivity contribution in [1.29, 1.82) is 0 Å². The fourth-order valence-corrected chi connectivity index (χ4v) is 1.37. The van der Waals surface area contributed by atoms with Gasteiger partial charge in [-0.15, -0.1) is 0 Å². The molecule has 1 aliphatic rings. The summed E-state index contributed by atoms with van der Waals surface area (Å²) in [4.78, 5) is 3.87. The van der Waals surface area contributed by atoms with Crippen LogP contribution in [0.5, 0.6) is 0 Å². The van der Waals surface area contributed by atoms with Gasteiger partial charge < -0.3 is 15.2 Å². The SMILES string of the molecule is CN1CCN([n+]2cc([NH-])on2)CC1. The smallest absolute Gasteiger partial charge is 0.256 e. The number of likely N-dealkylation sites (N-methyl/N-ethyl adjacent to an activating group) is 1. The van der Waals surface area contributed by atoms with Crippen LogP contribution in [0.25, 0.3) is 5.73 Å². The van der Waals surface area contributed by atoms with E-state index in [0.29, 0.717) is 0 Å². The molecule has 6 nitrogen and oxygen atoms in total. The fourth-order valence-electron chi connectivity index (χ4n) is 1.37. The van der Waals surface area contributed by atoms with Crippen LogP contribution in [0, 0.1) is 0 Å². The maximum Gasteiger partial charge on any atom is 0.256 e. The van der Waals surface area contributed by atoms with Gasteiger partial charge in [0.15, 0.2) is 0 Å². The van der Waals surface area contributed by atoms with E-state index >= 15 is 0 Å². The van der Waals surface area contributed by atoms with Gasteiger partial charge >= 0.3 is 0 Å². The van der Waals surface area contributed by atoms with E-state index in [1.807, 2.05) is 0 Å². The Labute approximate surface area is 76.4 Å².